The highest BCUT2D eigenvalue weighted by Gasteiger charge is 2.06. The van der Waals surface area contributed by atoms with E-state index in [1.807, 2.05) is 0 Å². The molecule has 0 aromatic rings. The zero-order valence-corrected chi connectivity index (χ0v) is 14.8. The summed E-state index contributed by atoms with van der Waals surface area (Å²) in [4.78, 5) is 0. The van der Waals surface area contributed by atoms with Crippen LogP contribution in [0.15, 0.2) is 0 Å². The second-order valence-corrected chi connectivity index (χ2v) is 6.52. The minimum absolute atomic E-state index is 0.900. The van der Waals surface area contributed by atoms with E-state index < -0.39 is 0 Å². The predicted molar refractivity (Wildman–Crippen MR) is 94.1 cm³/mol. The third kappa shape index (κ3) is 14.4. The van der Waals surface area contributed by atoms with Gasteiger partial charge in [0.15, 0.2) is 0 Å². The van der Waals surface area contributed by atoms with Crippen molar-refractivity contribution in [2.75, 3.05) is 0 Å². The van der Waals surface area contributed by atoms with E-state index in [1.165, 1.54) is 96.3 Å². The molecule has 0 N–H and O–H groups in total. The average molecular weight is 282 g/mol. The maximum absolute atomic E-state index is 2.62. The Morgan fingerprint density at radius 1 is 0.600 bits per heavy atom. The Kier molecular flexibility index (Phi) is 17.1. The summed E-state index contributed by atoms with van der Waals surface area (Å²) in [6.07, 6.45) is 24.0. The summed E-state index contributed by atoms with van der Waals surface area (Å²) in [6.45, 7) is 6.95. The topological polar surface area (TPSA) is 0 Å². The molecule has 0 spiro atoms. The first-order chi connectivity index (χ1) is 9.85. The predicted octanol–water partition coefficient (Wildman–Crippen LogP) is 7.72. The van der Waals surface area contributed by atoms with Crippen LogP contribution < -0.4 is 0 Å². The van der Waals surface area contributed by atoms with Gasteiger partial charge >= 0.3 is 0 Å². The smallest absolute Gasteiger partial charge is 0.0355 e. The van der Waals surface area contributed by atoms with Crippen LogP contribution in [0.1, 0.15) is 117 Å². The van der Waals surface area contributed by atoms with Crippen molar-refractivity contribution in [1.82, 2.24) is 0 Å². The first-order valence-electron chi connectivity index (χ1n) is 9.68. The van der Waals surface area contributed by atoms with Crippen molar-refractivity contribution in [1.29, 1.82) is 0 Å². The van der Waals surface area contributed by atoms with Crippen molar-refractivity contribution in [3.8, 4) is 0 Å². The molecule has 0 bridgehead atoms. The summed E-state index contributed by atoms with van der Waals surface area (Å²) in [7, 11) is 0. The van der Waals surface area contributed by atoms with E-state index >= 15 is 0 Å². The quantitative estimate of drug-likeness (QED) is 0.254. The van der Waals surface area contributed by atoms with Gasteiger partial charge < -0.3 is 0 Å². The Morgan fingerprint density at radius 3 is 1.65 bits per heavy atom. The van der Waals surface area contributed by atoms with Crippen molar-refractivity contribution < 1.29 is 0 Å². The molecule has 1 atom stereocenters. The SMILES string of the molecule is CCCCCC[CH]C(CC)CCCCCCCCCC. The van der Waals surface area contributed by atoms with Gasteiger partial charge in [0.2, 0.25) is 0 Å². The molecule has 0 rings (SSSR count). The van der Waals surface area contributed by atoms with E-state index in [2.05, 4.69) is 27.2 Å². The van der Waals surface area contributed by atoms with Crippen LogP contribution in [-0.4, -0.2) is 0 Å². The van der Waals surface area contributed by atoms with Crippen molar-refractivity contribution in [2.45, 2.75) is 117 Å². The normalized spacial score (nSPS) is 12.8. The zero-order chi connectivity index (χ0) is 14.9. The Bertz CT molecular complexity index is 161. The lowest BCUT2D eigenvalue weighted by Crippen LogP contribution is -2.00. The van der Waals surface area contributed by atoms with Crippen LogP contribution in [0, 0.1) is 12.3 Å². The molecule has 0 aliphatic carbocycles. The highest BCUT2D eigenvalue weighted by atomic mass is 14.1. The Morgan fingerprint density at radius 2 is 1.10 bits per heavy atom. The summed E-state index contributed by atoms with van der Waals surface area (Å²) >= 11 is 0. The van der Waals surface area contributed by atoms with Crippen LogP contribution >= 0.6 is 0 Å². The maximum atomic E-state index is 2.62. The summed E-state index contributed by atoms with van der Waals surface area (Å²) in [5.74, 6) is 0.900. The molecule has 0 heteroatoms. The van der Waals surface area contributed by atoms with Gasteiger partial charge in [-0.1, -0.05) is 111 Å². The van der Waals surface area contributed by atoms with Crippen LogP contribution in [0.3, 0.4) is 0 Å². The van der Waals surface area contributed by atoms with E-state index in [0.717, 1.165) is 5.92 Å². The maximum Gasteiger partial charge on any atom is -0.0355 e. The molecular weight excluding hydrogens is 240 g/mol. The minimum Gasteiger partial charge on any atom is -0.0654 e. The highest BCUT2D eigenvalue weighted by molar-refractivity contribution is 4.75. The fourth-order valence-corrected chi connectivity index (χ4v) is 2.95. The Balaban J connectivity index is 3.28. The lowest BCUT2D eigenvalue weighted by Gasteiger charge is -2.14. The molecule has 121 valence electrons. The van der Waals surface area contributed by atoms with E-state index in [1.54, 1.807) is 0 Å². The molecule has 20 heavy (non-hydrogen) atoms. The van der Waals surface area contributed by atoms with Gasteiger partial charge in [-0.15, -0.1) is 0 Å². The molecule has 0 fully saturated rings. The lowest BCUT2D eigenvalue weighted by atomic mass is 9.92. The largest absolute Gasteiger partial charge is 0.0654 e. The second-order valence-electron chi connectivity index (χ2n) is 6.52. The summed E-state index contributed by atoms with van der Waals surface area (Å²) in [6, 6.07) is 0. The van der Waals surface area contributed by atoms with Crippen molar-refractivity contribution in [3.63, 3.8) is 0 Å². The van der Waals surface area contributed by atoms with Crippen LogP contribution in [0.2, 0.25) is 0 Å². The molecule has 1 unspecified atom stereocenters. The van der Waals surface area contributed by atoms with E-state index in [4.69, 9.17) is 0 Å². The monoisotopic (exact) mass is 281 g/mol. The molecule has 0 nitrogen and oxygen atoms in total. The lowest BCUT2D eigenvalue weighted by molar-refractivity contribution is 0.466. The molecule has 0 saturated carbocycles. The van der Waals surface area contributed by atoms with Crippen molar-refractivity contribution in [3.05, 3.63) is 6.42 Å². The molecule has 0 aromatic carbocycles. The van der Waals surface area contributed by atoms with Crippen LogP contribution in [0.5, 0.6) is 0 Å². The van der Waals surface area contributed by atoms with E-state index in [0.29, 0.717) is 0 Å². The molecule has 0 amide bonds. The summed E-state index contributed by atoms with van der Waals surface area (Å²) < 4.78 is 0. The van der Waals surface area contributed by atoms with Crippen molar-refractivity contribution >= 4 is 0 Å². The molecule has 0 aromatic heterocycles. The second kappa shape index (κ2) is 17.1. The Labute approximate surface area is 130 Å². The average Bonchev–Trinajstić information content (AvgIpc) is 2.47. The van der Waals surface area contributed by atoms with Gasteiger partial charge in [0.05, 0.1) is 0 Å². The molecule has 1 radical (unpaired) electrons. The van der Waals surface area contributed by atoms with Gasteiger partial charge in [0.25, 0.3) is 0 Å². The summed E-state index contributed by atoms with van der Waals surface area (Å²) in [5, 5.41) is 0. The third-order valence-corrected chi connectivity index (χ3v) is 4.51. The van der Waals surface area contributed by atoms with Crippen LogP contribution in [0.25, 0.3) is 0 Å². The fraction of sp³-hybridized carbons (Fsp3) is 0.950. The van der Waals surface area contributed by atoms with Gasteiger partial charge in [-0.2, -0.15) is 0 Å². The highest BCUT2D eigenvalue weighted by Crippen LogP contribution is 2.20. The van der Waals surface area contributed by atoms with Crippen LogP contribution in [-0.2, 0) is 0 Å². The third-order valence-electron chi connectivity index (χ3n) is 4.51. The first-order valence-corrected chi connectivity index (χ1v) is 9.68. The number of unbranched alkanes of at least 4 members (excludes halogenated alkanes) is 11. The number of hydrogen-bond acceptors (Lipinski definition) is 0. The van der Waals surface area contributed by atoms with E-state index in [9.17, 15) is 0 Å². The molecule has 0 heterocycles. The number of hydrogen-bond donors (Lipinski definition) is 0. The van der Waals surface area contributed by atoms with Crippen LogP contribution in [0.4, 0.5) is 0 Å². The van der Waals surface area contributed by atoms with Gasteiger partial charge in [-0.25, -0.2) is 0 Å². The zero-order valence-electron chi connectivity index (χ0n) is 14.8. The molecule has 0 saturated heterocycles. The van der Waals surface area contributed by atoms with Gasteiger partial charge in [-0.05, 0) is 18.8 Å². The van der Waals surface area contributed by atoms with E-state index in [-0.39, 0.29) is 0 Å². The van der Waals surface area contributed by atoms with Gasteiger partial charge in [-0.3, -0.25) is 0 Å². The van der Waals surface area contributed by atoms with Crippen molar-refractivity contribution in [2.24, 2.45) is 5.92 Å². The molecular formula is C20H41. The summed E-state index contributed by atoms with van der Waals surface area (Å²) in [5.41, 5.74) is 0. The number of rotatable bonds is 16. The fourth-order valence-electron chi connectivity index (χ4n) is 2.95. The molecule has 0 aliphatic rings. The Hall–Kier alpha value is 0. The first kappa shape index (κ1) is 20.0. The molecule has 0 aliphatic heterocycles. The van der Waals surface area contributed by atoms with Gasteiger partial charge in [0.1, 0.15) is 0 Å². The minimum atomic E-state index is 0.900. The standard InChI is InChI=1S/C20H41/c1-4-7-9-11-12-13-15-17-19-20(6-3)18-16-14-10-8-5-2/h18,20H,4-17,19H2,1-3H3. The van der Waals surface area contributed by atoms with Gasteiger partial charge in [0, 0.05) is 0 Å².